The highest BCUT2D eigenvalue weighted by atomic mass is 16.5. The summed E-state index contributed by atoms with van der Waals surface area (Å²) in [5, 5.41) is 0. The lowest BCUT2D eigenvalue weighted by molar-refractivity contribution is -0.136. The van der Waals surface area contributed by atoms with Crippen molar-refractivity contribution in [3.63, 3.8) is 0 Å². The Morgan fingerprint density at radius 3 is 2.71 bits per heavy atom. The minimum absolute atomic E-state index is 0.0877. The Morgan fingerprint density at radius 1 is 1.21 bits per heavy atom. The molecule has 224 valence electrons. The van der Waals surface area contributed by atoms with Crippen molar-refractivity contribution in [3.05, 3.63) is 76.9 Å². The number of aldehydes is 1. The third-order valence-electron chi connectivity index (χ3n) is 9.66. The number of carbonyl (C=O) groups is 3. The Labute approximate surface area is 250 Å². The van der Waals surface area contributed by atoms with Gasteiger partial charge in [0.2, 0.25) is 0 Å². The number of carbonyl (C=O) groups excluding carboxylic acids is 3. The first kappa shape index (κ1) is 31.3. The van der Waals surface area contributed by atoms with E-state index in [9.17, 15) is 14.4 Å². The molecule has 0 bridgehead atoms. The van der Waals surface area contributed by atoms with Crippen LogP contribution in [-0.4, -0.2) is 38.9 Å². The standard InChI is InChI=1S/C36H44O6/c1-23(22-42-34(39)15-11-26-19-28(40-5)12-14-33(26)41-6)8-7-9-24(2)29-16-17-36(4)20-30-25(3)18-32(38)35(30)27(21-37)10-13-31(29)36/h7-12,14-15,18-19,21,24,29-31,35H,13,16-17,20,22H2,1-6H3/b9-7-,15-11+,23-8-,27-10-/t24-,29+,30+,31-,35-,36+/m0/s1. The SMILES string of the molecule is COc1ccc(OC)c(/C=C/C(=O)OC/C(C)=C\C=C/[C@H](C)[C@H]2CC[C@]3(C)C[C@@H]4C(C)=CC(=O)[C@H]4/C(C=O)=C\C[C@@H]23)c1. The molecular weight excluding hydrogens is 528 g/mol. The Bertz CT molecular complexity index is 1340. The van der Waals surface area contributed by atoms with Gasteiger partial charge in [-0.25, -0.2) is 4.79 Å². The van der Waals surface area contributed by atoms with Crippen molar-refractivity contribution in [1.29, 1.82) is 0 Å². The van der Waals surface area contributed by atoms with E-state index in [0.29, 0.717) is 34.8 Å². The van der Waals surface area contributed by atoms with Gasteiger partial charge in [-0.3, -0.25) is 9.59 Å². The molecule has 0 amide bonds. The molecule has 0 N–H and O–H groups in total. The van der Waals surface area contributed by atoms with Crippen LogP contribution in [0.3, 0.4) is 0 Å². The van der Waals surface area contributed by atoms with Crippen molar-refractivity contribution in [3.8, 4) is 11.5 Å². The van der Waals surface area contributed by atoms with E-state index in [0.717, 1.165) is 48.7 Å². The summed E-state index contributed by atoms with van der Waals surface area (Å²) in [6.07, 6.45) is 18.1. The lowest BCUT2D eigenvalue weighted by atomic mass is 9.63. The molecule has 0 heterocycles. The number of methoxy groups -OCH3 is 2. The molecule has 1 saturated carbocycles. The molecule has 1 aromatic rings. The van der Waals surface area contributed by atoms with Gasteiger partial charge in [-0.05, 0) is 110 Å². The Morgan fingerprint density at radius 2 is 2.00 bits per heavy atom. The summed E-state index contributed by atoms with van der Waals surface area (Å²) in [5.74, 6) is 2.12. The highest BCUT2D eigenvalue weighted by molar-refractivity contribution is 6.01. The van der Waals surface area contributed by atoms with Crippen LogP contribution in [0.1, 0.15) is 58.9 Å². The second-order valence-electron chi connectivity index (χ2n) is 12.4. The van der Waals surface area contributed by atoms with E-state index in [-0.39, 0.29) is 29.6 Å². The van der Waals surface area contributed by atoms with Gasteiger partial charge in [0.05, 0.1) is 20.1 Å². The predicted molar refractivity (Wildman–Crippen MR) is 165 cm³/mol. The summed E-state index contributed by atoms with van der Waals surface area (Å²) >= 11 is 0. The predicted octanol–water partition coefficient (Wildman–Crippen LogP) is 7.11. The zero-order valence-electron chi connectivity index (χ0n) is 25.7. The normalized spacial score (nSPS) is 29.7. The molecule has 0 radical (unpaired) electrons. The Kier molecular flexibility index (Phi) is 10.1. The monoisotopic (exact) mass is 572 g/mol. The van der Waals surface area contributed by atoms with Crippen molar-refractivity contribution in [2.75, 3.05) is 20.8 Å². The average Bonchev–Trinajstić information content (AvgIpc) is 3.43. The van der Waals surface area contributed by atoms with E-state index in [1.165, 1.54) is 6.08 Å². The van der Waals surface area contributed by atoms with Gasteiger partial charge in [0, 0.05) is 11.6 Å². The molecule has 0 aliphatic heterocycles. The van der Waals surface area contributed by atoms with Gasteiger partial charge in [0.15, 0.2) is 5.78 Å². The quantitative estimate of drug-likeness (QED) is 0.129. The first-order valence-electron chi connectivity index (χ1n) is 14.9. The molecule has 1 fully saturated rings. The zero-order valence-corrected chi connectivity index (χ0v) is 25.7. The Hall–Kier alpha value is -3.67. The molecule has 42 heavy (non-hydrogen) atoms. The van der Waals surface area contributed by atoms with Crippen LogP contribution in [0, 0.1) is 35.0 Å². The smallest absolute Gasteiger partial charge is 0.331 e. The van der Waals surface area contributed by atoms with E-state index in [2.05, 4.69) is 32.1 Å². The van der Waals surface area contributed by atoms with E-state index >= 15 is 0 Å². The van der Waals surface area contributed by atoms with Crippen molar-refractivity contribution in [2.24, 2.45) is 35.0 Å². The fraction of sp³-hybridized carbons (Fsp3) is 0.472. The van der Waals surface area contributed by atoms with Crippen LogP contribution < -0.4 is 9.47 Å². The van der Waals surface area contributed by atoms with Gasteiger partial charge in [-0.2, -0.15) is 0 Å². The summed E-state index contributed by atoms with van der Waals surface area (Å²) in [6, 6.07) is 5.38. The number of allylic oxidation sites excluding steroid dienone is 7. The molecule has 3 aliphatic carbocycles. The van der Waals surface area contributed by atoms with E-state index in [4.69, 9.17) is 14.2 Å². The maximum absolute atomic E-state index is 12.7. The maximum Gasteiger partial charge on any atom is 0.331 e. The largest absolute Gasteiger partial charge is 0.497 e. The van der Waals surface area contributed by atoms with Crippen LogP contribution in [0.5, 0.6) is 11.5 Å². The van der Waals surface area contributed by atoms with Crippen molar-refractivity contribution in [1.82, 2.24) is 0 Å². The van der Waals surface area contributed by atoms with Gasteiger partial charge >= 0.3 is 5.97 Å². The number of ether oxygens (including phenoxy) is 3. The molecule has 0 unspecified atom stereocenters. The van der Waals surface area contributed by atoms with Gasteiger partial charge < -0.3 is 14.2 Å². The van der Waals surface area contributed by atoms with Crippen LogP contribution in [0.4, 0.5) is 0 Å². The molecular formula is C36H44O6. The highest BCUT2D eigenvalue weighted by Gasteiger charge is 2.50. The number of benzene rings is 1. The van der Waals surface area contributed by atoms with E-state index in [1.807, 2.05) is 19.9 Å². The van der Waals surface area contributed by atoms with Crippen LogP contribution >= 0.6 is 0 Å². The minimum Gasteiger partial charge on any atom is -0.497 e. The second kappa shape index (κ2) is 13.5. The summed E-state index contributed by atoms with van der Waals surface area (Å²) in [5.41, 5.74) is 3.60. The summed E-state index contributed by atoms with van der Waals surface area (Å²) in [7, 11) is 3.17. The van der Waals surface area contributed by atoms with Crippen molar-refractivity contribution < 1.29 is 28.6 Å². The summed E-state index contributed by atoms with van der Waals surface area (Å²) in [4.78, 5) is 37.0. The Balaban J connectivity index is 1.35. The number of esters is 1. The van der Waals surface area contributed by atoms with Crippen LogP contribution in [0.15, 0.2) is 71.4 Å². The zero-order chi connectivity index (χ0) is 30.4. The first-order valence-corrected chi connectivity index (χ1v) is 14.9. The molecule has 6 atom stereocenters. The van der Waals surface area contributed by atoms with E-state index < -0.39 is 5.97 Å². The van der Waals surface area contributed by atoms with Gasteiger partial charge in [-0.15, -0.1) is 0 Å². The molecule has 3 aliphatic rings. The van der Waals surface area contributed by atoms with Crippen LogP contribution in [-0.2, 0) is 19.1 Å². The van der Waals surface area contributed by atoms with Gasteiger partial charge in [-0.1, -0.05) is 43.7 Å². The molecule has 6 nitrogen and oxygen atoms in total. The third-order valence-corrected chi connectivity index (χ3v) is 9.66. The number of rotatable bonds is 10. The maximum atomic E-state index is 12.7. The lowest BCUT2D eigenvalue weighted by Gasteiger charge is -2.40. The topological polar surface area (TPSA) is 78.9 Å². The third kappa shape index (κ3) is 6.86. The van der Waals surface area contributed by atoms with Crippen molar-refractivity contribution in [2.45, 2.75) is 53.4 Å². The fourth-order valence-electron chi connectivity index (χ4n) is 7.26. The molecule has 1 aromatic carbocycles. The number of hydrogen-bond acceptors (Lipinski definition) is 6. The highest BCUT2D eigenvalue weighted by Crippen LogP contribution is 2.58. The molecule has 0 saturated heterocycles. The first-order chi connectivity index (χ1) is 20.1. The minimum atomic E-state index is -0.432. The van der Waals surface area contributed by atoms with E-state index in [1.54, 1.807) is 44.6 Å². The van der Waals surface area contributed by atoms with Crippen LogP contribution in [0.2, 0.25) is 0 Å². The number of ketones is 1. The second-order valence-corrected chi connectivity index (χ2v) is 12.4. The van der Waals surface area contributed by atoms with Gasteiger partial charge in [0.25, 0.3) is 0 Å². The molecule has 4 rings (SSSR count). The molecule has 0 spiro atoms. The van der Waals surface area contributed by atoms with Crippen LogP contribution in [0.25, 0.3) is 6.08 Å². The van der Waals surface area contributed by atoms with Crippen molar-refractivity contribution >= 4 is 24.1 Å². The number of hydrogen-bond donors (Lipinski definition) is 0. The molecule has 0 aromatic heterocycles. The average molecular weight is 573 g/mol. The van der Waals surface area contributed by atoms with Gasteiger partial charge in [0.1, 0.15) is 24.4 Å². The summed E-state index contributed by atoms with van der Waals surface area (Å²) in [6.45, 7) is 8.85. The summed E-state index contributed by atoms with van der Waals surface area (Å²) < 4.78 is 16.0. The fourth-order valence-corrected chi connectivity index (χ4v) is 7.26. The molecule has 6 heteroatoms. The lowest BCUT2D eigenvalue weighted by Crippen LogP contribution is -2.34. The number of fused-ring (bicyclic) bond motifs is 2.